The van der Waals surface area contributed by atoms with Gasteiger partial charge in [0.1, 0.15) is 5.75 Å². The summed E-state index contributed by atoms with van der Waals surface area (Å²) >= 11 is 14.3. The van der Waals surface area contributed by atoms with E-state index in [0.29, 0.717) is 17.6 Å². The van der Waals surface area contributed by atoms with Crippen molar-refractivity contribution in [2.45, 2.75) is 34.9 Å². The minimum Gasteiger partial charge on any atom is -0.507 e. The van der Waals surface area contributed by atoms with Crippen LogP contribution in [0.4, 0.5) is 11.4 Å². The molecule has 1 saturated carbocycles. The number of carbonyl (C=O) groups excluding carboxylic acids is 4. The number of alkyl halides is 2. The lowest BCUT2D eigenvalue weighted by molar-refractivity contribution is -0.384. The van der Waals surface area contributed by atoms with Gasteiger partial charge in [-0.3, -0.25) is 34.2 Å². The number of amides is 4. The first-order valence-corrected chi connectivity index (χ1v) is 14.1. The molecule has 4 amide bonds. The van der Waals surface area contributed by atoms with E-state index in [-0.39, 0.29) is 35.5 Å². The maximum absolute atomic E-state index is 14.0. The summed E-state index contributed by atoms with van der Waals surface area (Å²) in [5.41, 5.74) is 1.11. The highest BCUT2D eigenvalue weighted by Gasteiger charge is 2.76. The van der Waals surface area contributed by atoms with Crippen LogP contribution in [0.5, 0.6) is 5.75 Å². The summed E-state index contributed by atoms with van der Waals surface area (Å²) in [6.07, 6.45) is 3.61. The smallest absolute Gasteiger partial charge is 0.271 e. The van der Waals surface area contributed by atoms with E-state index >= 15 is 0 Å². The van der Waals surface area contributed by atoms with Gasteiger partial charge in [0.05, 0.1) is 22.4 Å². The lowest BCUT2D eigenvalue weighted by Gasteiger charge is -2.50. The molecule has 2 aliphatic carbocycles. The van der Waals surface area contributed by atoms with Gasteiger partial charge in [-0.15, -0.1) is 29.8 Å². The minimum atomic E-state index is -2.02. The number of likely N-dealkylation sites (tertiary alicyclic amines) is 1. The third-order valence-electron chi connectivity index (χ3n) is 9.14. The normalized spacial score (nSPS) is 31.9. The summed E-state index contributed by atoms with van der Waals surface area (Å²) in [7, 11) is 1.29. The van der Waals surface area contributed by atoms with Crippen molar-refractivity contribution in [3.8, 4) is 5.75 Å². The van der Waals surface area contributed by atoms with E-state index in [1.807, 2.05) is 0 Å². The fourth-order valence-corrected chi connectivity index (χ4v) is 8.27. The molecule has 0 radical (unpaired) electrons. The Morgan fingerprint density at radius 1 is 1.10 bits per heavy atom. The first-order chi connectivity index (χ1) is 19.9. The summed E-state index contributed by atoms with van der Waals surface area (Å²) in [5.74, 6) is -6.38. The standard InChI is InChI=1S/C30H25Cl2N3O7/c1-3-6-15-7-4-10-20(24(15)36)23-18-11-12-19-22(21(18)14-29(31)27(39)33(2)28(40)30(23,29)32)26(38)34(25(19)37)16-8-5-9-17(13-16)35(41)42/h3-5,7-11,13,19,21-23,36H,1,6,12,14H2,2H3/t19-,21+,22-,23+,29+,30-/m0/s1. The Kier molecular flexibility index (Phi) is 6.36. The van der Waals surface area contributed by atoms with Crippen molar-refractivity contribution < 1.29 is 29.2 Å². The Balaban J connectivity index is 1.52. The summed E-state index contributed by atoms with van der Waals surface area (Å²) in [4.78, 5) is 63.5. The molecule has 2 heterocycles. The Bertz CT molecular complexity index is 1660. The first kappa shape index (κ1) is 28.1. The van der Waals surface area contributed by atoms with Crippen LogP contribution < -0.4 is 4.90 Å². The molecule has 42 heavy (non-hydrogen) atoms. The maximum atomic E-state index is 14.0. The van der Waals surface area contributed by atoms with Crippen LogP contribution in [0.15, 0.2) is 66.8 Å². The monoisotopic (exact) mass is 609 g/mol. The van der Waals surface area contributed by atoms with Crippen molar-refractivity contribution >= 4 is 58.2 Å². The number of rotatable bonds is 5. The topological polar surface area (TPSA) is 138 Å². The van der Waals surface area contributed by atoms with Crippen molar-refractivity contribution in [1.29, 1.82) is 0 Å². The van der Waals surface area contributed by atoms with Gasteiger partial charge in [0.15, 0.2) is 9.75 Å². The minimum absolute atomic E-state index is 0.0661. The number of hydrogen-bond acceptors (Lipinski definition) is 7. The SMILES string of the molecule is C=CCc1cccc([C@H]2C3=CC[C@@H]4C(=O)N(c5cccc([N+](=O)[O-])c5)C(=O)[C@@H]4[C@@H]3C[C@@]3(Cl)C(=O)N(C)C(=O)[C@@]23Cl)c1O. The maximum Gasteiger partial charge on any atom is 0.271 e. The van der Waals surface area contributed by atoms with Gasteiger partial charge in [0.25, 0.3) is 17.5 Å². The van der Waals surface area contributed by atoms with E-state index in [1.54, 1.807) is 30.4 Å². The Morgan fingerprint density at radius 2 is 1.81 bits per heavy atom. The van der Waals surface area contributed by atoms with Crippen molar-refractivity contribution in [1.82, 2.24) is 4.90 Å². The number of phenolic OH excluding ortho intramolecular Hbond substituents is 1. The number of aromatic hydroxyl groups is 1. The molecule has 4 aliphatic rings. The predicted molar refractivity (Wildman–Crippen MR) is 153 cm³/mol. The van der Waals surface area contributed by atoms with Crippen LogP contribution in [0.2, 0.25) is 0 Å². The number of nitrogens with zero attached hydrogens (tertiary/aromatic N) is 3. The van der Waals surface area contributed by atoms with Gasteiger partial charge >= 0.3 is 0 Å². The molecule has 0 bridgehead atoms. The second-order valence-electron chi connectivity index (χ2n) is 11.1. The Labute approximate surface area is 250 Å². The van der Waals surface area contributed by atoms with Crippen LogP contribution in [-0.4, -0.2) is 55.4 Å². The second-order valence-corrected chi connectivity index (χ2v) is 12.4. The number of carbonyl (C=O) groups is 4. The van der Waals surface area contributed by atoms with Gasteiger partial charge in [-0.2, -0.15) is 0 Å². The number of benzene rings is 2. The Morgan fingerprint density at radius 3 is 2.50 bits per heavy atom. The van der Waals surface area contributed by atoms with Crippen LogP contribution in [-0.2, 0) is 25.6 Å². The first-order valence-electron chi connectivity index (χ1n) is 13.3. The number of para-hydroxylation sites is 1. The lowest BCUT2D eigenvalue weighted by Crippen LogP contribution is -2.60. The molecule has 2 aromatic carbocycles. The summed E-state index contributed by atoms with van der Waals surface area (Å²) < 4.78 is 0. The number of hydrogen-bond donors (Lipinski definition) is 1. The largest absolute Gasteiger partial charge is 0.507 e. The van der Waals surface area contributed by atoms with Gasteiger partial charge in [0.2, 0.25) is 11.8 Å². The third-order valence-corrected chi connectivity index (χ3v) is 10.6. The van der Waals surface area contributed by atoms with Crippen molar-refractivity contribution in [2.24, 2.45) is 17.8 Å². The van der Waals surface area contributed by atoms with Crippen LogP contribution in [0, 0.1) is 27.9 Å². The highest BCUT2D eigenvalue weighted by molar-refractivity contribution is 6.53. The third kappa shape index (κ3) is 3.51. The highest BCUT2D eigenvalue weighted by Crippen LogP contribution is 2.66. The van der Waals surface area contributed by atoms with E-state index in [9.17, 15) is 34.4 Å². The quantitative estimate of drug-likeness (QED) is 0.176. The number of anilines is 1. The highest BCUT2D eigenvalue weighted by atomic mass is 35.5. The number of nitro benzene ring substituents is 1. The molecular formula is C30H25Cl2N3O7. The molecule has 2 aliphatic heterocycles. The molecule has 2 aromatic rings. The molecule has 2 saturated heterocycles. The molecular weight excluding hydrogens is 585 g/mol. The molecule has 12 heteroatoms. The fraction of sp³-hybridized carbons (Fsp3) is 0.333. The molecule has 3 fully saturated rings. The van der Waals surface area contributed by atoms with Crippen molar-refractivity contribution in [3.63, 3.8) is 0 Å². The van der Waals surface area contributed by atoms with Gasteiger partial charge in [0, 0.05) is 30.7 Å². The summed E-state index contributed by atoms with van der Waals surface area (Å²) in [6, 6.07) is 10.3. The molecule has 0 spiro atoms. The summed E-state index contributed by atoms with van der Waals surface area (Å²) in [6.45, 7) is 3.73. The van der Waals surface area contributed by atoms with E-state index in [4.69, 9.17) is 23.2 Å². The summed E-state index contributed by atoms with van der Waals surface area (Å²) in [5, 5.41) is 22.8. The predicted octanol–water partition coefficient (Wildman–Crippen LogP) is 4.22. The molecule has 0 unspecified atom stereocenters. The average Bonchev–Trinajstić information content (AvgIpc) is 3.29. The molecule has 6 atom stereocenters. The lowest BCUT2D eigenvalue weighted by atomic mass is 9.56. The van der Waals surface area contributed by atoms with E-state index in [1.165, 1.54) is 25.2 Å². The van der Waals surface area contributed by atoms with Gasteiger partial charge in [-0.05, 0) is 36.8 Å². The number of non-ortho nitro benzene ring substituents is 1. The number of halogens is 2. The molecule has 216 valence electrons. The number of nitro groups is 1. The van der Waals surface area contributed by atoms with Crippen molar-refractivity contribution in [2.75, 3.05) is 11.9 Å². The zero-order valence-electron chi connectivity index (χ0n) is 22.3. The number of phenols is 1. The van der Waals surface area contributed by atoms with E-state index in [2.05, 4.69) is 6.58 Å². The molecule has 10 nitrogen and oxygen atoms in total. The van der Waals surface area contributed by atoms with Gasteiger partial charge in [-0.25, -0.2) is 4.90 Å². The Hall–Kier alpha value is -4.02. The molecule has 1 N–H and O–H groups in total. The number of fused-ring (bicyclic) bond motifs is 4. The zero-order chi connectivity index (χ0) is 30.3. The molecule has 0 aromatic heterocycles. The fourth-order valence-electron chi connectivity index (χ4n) is 7.25. The van der Waals surface area contributed by atoms with E-state index in [0.717, 1.165) is 15.9 Å². The van der Waals surface area contributed by atoms with E-state index < -0.39 is 62.0 Å². The number of allylic oxidation sites excluding steroid dienone is 3. The van der Waals surface area contributed by atoms with Crippen molar-refractivity contribution in [3.05, 3.63) is 88.0 Å². The average molecular weight is 610 g/mol. The van der Waals surface area contributed by atoms with Crippen LogP contribution in [0.25, 0.3) is 0 Å². The molecule has 6 rings (SSSR count). The van der Waals surface area contributed by atoms with Crippen LogP contribution >= 0.6 is 23.2 Å². The second kappa shape index (κ2) is 9.50. The number of imide groups is 2. The van der Waals surface area contributed by atoms with Crippen LogP contribution in [0.3, 0.4) is 0 Å². The van der Waals surface area contributed by atoms with Gasteiger partial charge in [-0.1, -0.05) is 42.0 Å². The zero-order valence-corrected chi connectivity index (χ0v) is 23.8. The van der Waals surface area contributed by atoms with Crippen LogP contribution in [0.1, 0.15) is 29.9 Å². The van der Waals surface area contributed by atoms with Gasteiger partial charge < -0.3 is 5.11 Å².